The van der Waals surface area contributed by atoms with Crippen molar-refractivity contribution in [2.75, 3.05) is 33.2 Å². The van der Waals surface area contributed by atoms with E-state index in [1.807, 2.05) is 4.90 Å². The Kier molecular flexibility index (Phi) is 6.27. The summed E-state index contributed by atoms with van der Waals surface area (Å²) in [5.41, 5.74) is 13.8. The molecular formula is C20H24Cl2FN7O. The molecule has 1 unspecified atom stereocenters. The topological polar surface area (TPSA) is 109 Å². The van der Waals surface area contributed by atoms with Crippen molar-refractivity contribution in [1.29, 1.82) is 0 Å². The summed E-state index contributed by atoms with van der Waals surface area (Å²) < 4.78 is 19.3. The fourth-order valence-electron chi connectivity index (χ4n) is 3.82. The van der Waals surface area contributed by atoms with E-state index in [0.717, 1.165) is 19.5 Å². The fraction of sp³-hybridized carbons (Fsp3) is 0.400. The van der Waals surface area contributed by atoms with Crippen molar-refractivity contribution in [3.05, 3.63) is 62.9 Å². The number of hydrogen-bond acceptors (Lipinski definition) is 8. The average molecular weight is 468 g/mol. The van der Waals surface area contributed by atoms with Crippen molar-refractivity contribution in [3.63, 3.8) is 0 Å². The monoisotopic (exact) mass is 467 g/mol. The molecule has 1 aromatic carbocycles. The maximum atomic E-state index is 14.0. The number of nitrogens with two attached hydrogens (primary N) is 2. The number of nitrogens with zero attached hydrogens (tertiary/aromatic N) is 4. The Labute approximate surface area is 189 Å². The standard InChI is InChI=1S/C20H24Cl2FN7O/c1-29-6-4-11(9-29)19-27-20(31-28-19)15(24)8-16-18(25)26-5-7-30(16)10-12-13(21)2-3-14(23)17(12)22/h2-3,8,11,26H,4-7,9-10,24-25H2,1H3/b15-8-. The van der Waals surface area contributed by atoms with E-state index in [1.54, 1.807) is 6.08 Å². The van der Waals surface area contributed by atoms with Gasteiger partial charge in [-0.15, -0.1) is 0 Å². The zero-order valence-electron chi connectivity index (χ0n) is 17.0. The minimum absolute atomic E-state index is 0.0102. The number of benzene rings is 1. The number of rotatable bonds is 5. The Hall–Kier alpha value is -2.49. The van der Waals surface area contributed by atoms with Gasteiger partial charge in [0.15, 0.2) is 5.82 Å². The second-order valence-corrected chi connectivity index (χ2v) is 8.56. The lowest BCUT2D eigenvalue weighted by atomic mass is 10.1. The van der Waals surface area contributed by atoms with Crippen LogP contribution in [0.1, 0.15) is 29.6 Å². The van der Waals surface area contributed by atoms with Gasteiger partial charge < -0.3 is 31.1 Å². The van der Waals surface area contributed by atoms with Crippen LogP contribution in [0.5, 0.6) is 0 Å². The smallest absolute Gasteiger partial charge is 0.273 e. The van der Waals surface area contributed by atoms with Crippen LogP contribution in [0.15, 0.2) is 34.2 Å². The van der Waals surface area contributed by atoms with Crippen molar-refractivity contribution in [3.8, 4) is 0 Å². The third-order valence-electron chi connectivity index (χ3n) is 5.54. The molecule has 8 nitrogen and oxygen atoms in total. The van der Waals surface area contributed by atoms with E-state index in [-0.39, 0.29) is 29.1 Å². The lowest BCUT2D eigenvalue weighted by Gasteiger charge is -2.32. The molecule has 2 aliphatic rings. The van der Waals surface area contributed by atoms with E-state index in [0.29, 0.717) is 41.0 Å². The first kappa shape index (κ1) is 21.7. The first-order valence-corrected chi connectivity index (χ1v) is 10.7. The quantitative estimate of drug-likeness (QED) is 0.575. The van der Waals surface area contributed by atoms with E-state index in [1.165, 1.54) is 12.1 Å². The predicted octanol–water partition coefficient (Wildman–Crippen LogP) is 2.47. The third kappa shape index (κ3) is 4.58. The number of halogens is 3. The molecule has 1 aromatic heterocycles. The van der Waals surface area contributed by atoms with Crippen LogP contribution in [0, 0.1) is 5.82 Å². The van der Waals surface area contributed by atoms with Crippen molar-refractivity contribution in [2.24, 2.45) is 11.5 Å². The zero-order valence-corrected chi connectivity index (χ0v) is 18.5. The molecule has 4 rings (SSSR count). The van der Waals surface area contributed by atoms with E-state index in [2.05, 4.69) is 27.4 Å². The van der Waals surface area contributed by atoms with Crippen molar-refractivity contribution in [2.45, 2.75) is 18.9 Å². The highest BCUT2D eigenvalue weighted by atomic mass is 35.5. The molecule has 31 heavy (non-hydrogen) atoms. The summed E-state index contributed by atoms with van der Waals surface area (Å²) >= 11 is 12.4. The summed E-state index contributed by atoms with van der Waals surface area (Å²) in [4.78, 5) is 8.62. The van der Waals surface area contributed by atoms with Crippen molar-refractivity contribution >= 4 is 28.9 Å². The van der Waals surface area contributed by atoms with Crippen LogP contribution in [0.2, 0.25) is 10.0 Å². The molecular weight excluding hydrogens is 444 g/mol. The Morgan fingerprint density at radius 1 is 1.39 bits per heavy atom. The molecule has 1 saturated heterocycles. The largest absolute Gasteiger partial charge is 0.394 e. The molecule has 2 aliphatic heterocycles. The number of nitrogens with one attached hydrogen (secondary N) is 1. The molecule has 3 heterocycles. The number of hydrogen-bond donors (Lipinski definition) is 3. The number of likely N-dealkylation sites (N-methyl/N-ethyl adjacent to an activating group) is 1. The molecule has 1 fully saturated rings. The number of likely N-dealkylation sites (tertiary alicyclic amines) is 1. The van der Waals surface area contributed by atoms with E-state index >= 15 is 0 Å². The van der Waals surface area contributed by atoms with Gasteiger partial charge in [-0.25, -0.2) is 4.39 Å². The van der Waals surface area contributed by atoms with E-state index in [9.17, 15) is 4.39 Å². The Bertz CT molecular complexity index is 1040. The lowest BCUT2D eigenvalue weighted by Crippen LogP contribution is -2.41. The SMILES string of the molecule is CN1CCC(c2noc(/C(N)=C/C3=C(N)NCCN3Cc3c(Cl)ccc(F)c3Cl)n2)C1. The van der Waals surface area contributed by atoms with Gasteiger partial charge >= 0.3 is 0 Å². The van der Waals surface area contributed by atoms with Crippen molar-refractivity contribution in [1.82, 2.24) is 25.3 Å². The Morgan fingerprint density at radius 3 is 2.94 bits per heavy atom. The second-order valence-electron chi connectivity index (χ2n) is 7.77. The third-order valence-corrected chi connectivity index (χ3v) is 6.30. The normalized spacial score (nSPS) is 20.5. The first-order valence-electron chi connectivity index (χ1n) is 9.94. The van der Waals surface area contributed by atoms with Crippen LogP contribution < -0.4 is 16.8 Å². The summed E-state index contributed by atoms with van der Waals surface area (Å²) in [6, 6.07) is 2.72. The van der Waals surface area contributed by atoms with Crippen LogP contribution >= 0.6 is 23.2 Å². The number of allylic oxidation sites excluding steroid dienone is 1. The maximum Gasteiger partial charge on any atom is 0.273 e. The van der Waals surface area contributed by atoms with Crippen LogP contribution in [0.4, 0.5) is 4.39 Å². The van der Waals surface area contributed by atoms with Gasteiger partial charge in [0.1, 0.15) is 11.6 Å². The molecule has 2 aromatic rings. The van der Waals surface area contributed by atoms with E-state index < -0.39 is 5.82 Å². The summed E-state index contributed by atoms with van der Waals surface area (Å²) in [7, 11) is 2.06. The second kappa shape index (κ2) is 8.94. The zero-order chi connectivity index (χ0) is 22.1. The van der Waals surface area contributed by atoms with Crippen LogP contribution in [-0.4, -0.2) is 53.2 Å². The average Bonchev–Trinajstić information content (AvgIpc) is 3.39. The van der Waals surface area contributed by atoms with Gasteiger partial charge in [0.2, 0.25) is 0 Å². The molecule has 0 amide bonds. The first-order chi connectivity index (χ1) is 14.8. The lowest BCUT2D eigenvalue weighted by molar-refractivity contribution is 0.320. The predicted molar refractivity (Wildman–Crippen MR) is 117 cm³/mol. The highest BCUT2D eigenvalue weighted by molar-refractivity contribution is 6.36. The van der Waals surface area contributed by atoms with Gasteiger partial charge in [-0.1, -0.05) is 28.4 Å². The maximum absolute atomic E-state index is 14.0. The molecule has 0 saturated carbocycles. The molecule has 1 atom stereocenters. The van der Waals surface area contributed by atoms with Crippen LogP contribution in [0.25, 0.3) is 5.70 Å². The minimum atomic E-state index is -0.527. The van der Waals surface area contributed by atoms with Crippen LogP contribution in [-0.2, 0) is 6.54 Å². The van der Waals surface area contributed by atoms with E-state index in [4.69, 9.17) is 39.2 Å². The van der Waals surface area contributed by atoms with Gasteiger partial charge in [0, 0.05) is 42.7 Å². The summed E-state index contributed by atoms with van der Waals surface area (Å²) in [5, 5.41) is 7.57. The summed E-state index contributed by atoms with van der Waals surface area (Å²) in [6.07, 6.45) is 2.64. The molecule has 5 N–H and O–H groups in total. The van der Waals surface area contributed by atoms with Gasteiger partial charge in [0.05, 0.1) is 16.4 Å². The highest BCUT2D eigenvalue weighted by Gasteiger charge is 2.26. The van der Waals surface area contributed by atoms with Crippen LogP contribution in [0.3, 0.4) is 0 Å². The molecule has 0 radical (unpaired) electrons. The molecule has 0 spiro atoms. The van der Waals surface area contributed by atoms with Gasteiger partial charge in [0.25, 0.3) is 5.89 Å². The molecule has 0 bridgehead atoms. The Morgan fingerprint density at radius 2 is 2.19 bits per heavy atom. The number of aromatic nitrogens is 2. The Balaban J connectivity index is 1.58. The molecule has 166 valence electrons. The molecule has 11 heteroatoms. The summed E-state index contributed by atoms with van der Waals surface area (Å²) in [6.45, 7) is 3.34. The van der Waals surface area contributed by atoms with Crippen molar-refractivity contribution < 1.29 is 8.91 Å². The highest BCUT2D eigenvalue weighted by Crippen LogP contribution is 2.31. The summed E-state index contributed by atoms with van der Waals surface area (Å²) in [5.74, 6) is 1.01. The minimum Gasteiger partial charge on any atom is -0.394 e. The van der Waals surface area contributed by atoms with Gasteiger partial charge in [-0.3, -0.25) is 0 Å². The van der Waals surface area contributed by atoms with Gasteiger partial charge in [-0.05, 0) is 38.2 Å². The fourth-order valence-corrected chi connectivity index (χ4v) is 4.31. The van der Waals surface area contributed by atoms with Gasteiger partial charge in [-0.2, -0.15) is 4.98 Å². The molecule has 0 aliphatic carbocycles.